The van der Waals surface area contributed by atoms with Crippen LogP contribution >= 0.6 is 11.6 Å². The van der Waals surface area contributed by atoms with Gasteiger partial charge in [0, 0.05) is 30.2 Å². The molecule has 1 aromatic carbocycles. The summed E-state index contributed by atoms with van der Waals surface area (Å²) in [4.78, 5) is 27.8. The van der Waals surface area contributed by atoms with Crippen LogP contribution < -0.4 is 4.90 Å². The number of anilines is 1. The van der Waals surface area contributed by atoms with Crippen molar-refractivity contribution in [3.63, 3.8) is 0 Å². The molecule has 1 heterocycles. The van der Waals surface area contributed by atoms with Gasteiger partial charge in [-0.25, -0.2) is 8.42 Å². The van der Waals surface area contributed by atoms with Gasteiger partial charge in [-0.05, 0) is 38.0 Å². The molecule has 0 spiro atoms. The van der Waals surface area contributed by atoms with E-state index >= 15 is 0 Å². The van der Waals surface area contributed by atoms with Crippen molar-refractivity contribution in [3.05, 3.63) is 28.8 Å². The summed E-state index contributed by atoms with van der Waals surface area (Å²) in [6.45, 7) is 5.26. The number of benzene rings is 1. The lowest BCUT2D eigenvalue weighted by molar-refractivity contribution is -0.132. The number of rotatable bonds is 5. The van der Waals surface area contributed by atoms with Crippen LogP contribution in [0.2, 0.25) is 5.02 Å². The largest absolute Gasteiger partial charge is 0.337 e. The molecule has 6 nitrogen and oxygen atoms in total. The lowest BCUT2D eigenvalue weighted by atomic mass is 10.1. The van der Waals surface area contributed by atoms with Crippen LogP contribution in [0.25, 0.3) is 0 Å². The van der Waals surface area contributed by atoms with Gasteiger partial charge >= 0.3 is 0 Å². The number of halogens is 1. The molecule has 2 amide bonds. The van der Waals surface area contributed by atoms with Gasteiger partial charge in [-0.15, -0.1) is 0 Å². The maximum atomic E-state index is 12.8. The third-order valence-electron chi connectivity index (χ3n) is 4.51. The molecule has 0 bridgehead atoms. The Labute approximate surface area is 153 Å². The van der Waals surface area contributed by atoms with Gasteiger partial charge in [0.2, 0.25) is 11.8 Å². The van der Waals surface area contributed by atoms with Crippen LogP contribution in [0.1, 0.15) is 25.8 Å². The number of amides is 2. The van der Waals surface area contributed by atoms with E-state index in [-0.39, 0.29) is 35.9 Å². The SMILES string of the molecule is CCN(C(=O)CN(C(C)=O)c1cccc(Cl)c1C)C1CCS(=O)(=O)C1. The minimum absolute atomic E-state index is 0.0111. The lowest BCUT2D eigenvalue weighted by Crippen LogP contribution is -2.47. The van der Waals surface area contributed by atoms with E-state index in [2.05, 4.69) is 0 Å². The number of nitrogens with zero attached hydrogens (tertiary/aromatic N) is 2. The molecule has 1 aliphatic rings. The van der Waals surface area contributed by atoms with E-state index in [0.29, 0.717) is 23.7 Å². The fourth-order valence-corrected chi connectivity index (χ4v) is 5.04. The van der Waals surface area contributed by atoms with E-state index in [1.807, 2.05) is 6.92 Å². The summed E-state index contributed by atoms with van der Waals surface area (Å²) in [5.41, 5.74) is 1.31. The maximum Gasteiger partial charge on any atom is 0.242 e. The Morgan fingerprint density at radius 3 is 2.52 bits per heavy atom. The number of sulfone groups is 1. The highest BCUT2D eigenvalue weighted by Crippen LogP contribution is 2.27. The Hall–Kier alpha value is -1.60. The summed E-state index contributed by atoms with van der Waals surface area (Å²) >= 11 is 6.12. The van der Waals surface area contributed by atoms with Gasteiger partial charge in [0.05, 0.1) is 11.5 Å². The van der Waals surface area contributed by atoms with Gasteiger partial charge in [-0.2, -0.15) is 0 Å². The van der Waals surface area contributed by atoms with Crippen molar-refractivity contribution < 1.29 is 18.0 Å². The number of likely N-dealkylation sites (N-methyl/N-ethyl adjacent to an activating group) is 1. The molecule has 1 aliphatic heterocycles. The van der Waals surface area contributed by atoms with Gasteiger partial charge in [0.15, 0.2) is 9.84 Å². The molecule has 138 valence electrons. The molecule has 0 aliphatic carbocycles. The summed E-state index contributed by atoms with van der Waals surface area (Å²) < 4.78 is 23.4. The molecule has 1 atom stereocenters. The van der Waals surface area contributed by atoms with Crippen molar-refractivity contribution in [2.75, 3.05) is 29.5 Å². The molecule has 25 heavy (non-hydrogen) atoms. The molecule has 8 heteroatoms. The van der Waals surface area contributed by atoms with Crippen LogP contribution in [-0.4, -0.2) is 55.8 Å². The van der Waals surface area contributed by atoms with Gasteiger partial charge < -0.3 is 9.80 Å². The maximum absolute atomic E-state index is 12.8. The summed E-state index contributed by atoms with van der Waals surface area (Å²) in [7, 11) is -3.09. The number of carbonyl (C=O) groups is 2. The van der Waals surface area contributed by atoms with E-state index in [1.54, 1.807) is 30.0 Å². The summed E-state index contributed by atoms with van der Waals surface area (Å²) in [6.07, 6.45) is 0.443. The van der Waals surface area contributed by atoms with Gasteiger partial charge in [-0.3, -0.25) is 9.59 Å². The fourth-order valence-electron chi connectivity index (χ4n) is 3.14. The monoisotopic (exact) mass is 386 g/mol. The predicted octanol–water partition coefficient (Wildman–Crippen LogP) is 2.04. The minimum Gasteiger partial charge on any atom is -0.337 e. The van der Waals surface area contributed by atoms with Crippen molar-refractivity contribution in [2.45, 2.75) is 33.2 Å². The highest BCUT2D eigenvalue weighted by Gasteiger charge is 2.34. The van der Waals surface area contributed by atoms with E-state index < -0.39 is 9.84 Å². The molecule has 0 N–H and O–H groups in total. The molecular formula is C17H23ClN2O4S. The van der Waals surface area contributed by atoms with Gasteiger partial charge in [0.25, 0.3) is 0 Å². The zero-order valence-corrected chi connectivity index (χ0v) is 16.2. The van der Waals surface area contributed by atoms with Crippen molar-refractivity contribution >= 4 is 38.9 Å². The lowest BCUT2D eigenvalue weighted by Gasteiger charge is -2.30. The van der Waals surface area contributed by atoms with Crippen LogP contribution in [0.15, 0.2) is 18.2 Å². The number of hydrogen-bond acceptors (Lipinski definition) is 4. The minimum atomic E-state index is -3.09. The van der Waals surface area contributed by atoms with Crippen LogP contribution in [0.5, 0.6) is 0 Å². The molecule has 1 unspecified atom stereocenters. The van der Waals surface area contributed by atoms with Crippen molar-refractivity contribution in [1.82, 2.24) is 4.90 Å². The highest BCUT2D eigenvalue weighted by atomic mass is 35.5. The first-order valence-corrected chi connectivity index (χ1v) is 10.4. The van der Waals surface area contributed by atoms with Crippen molar-refractivity contribution in [1.29, 1.82) is 0 Å². The molecular weight excluding hydrogens is 364 g/mol. The second-order valence-corrected chi connectivity index (χ2v) is 8.86. The predicted molar refractivity (Wildman–Crippen MR) is 98.7 cm³/mol. The first-order valence-electron chi connectivity index (χ1n) is 8.19. The molecule has 0 radical (unpaired) electrons. The number of carbonyl (C=O) groups excluding carboxylic acids is 2. The van der Waals surface area contributed by atoms with Crippen molar-refractivity contribution in [2.24, 2.45) is 0 Å². The number of hydrogen-bond donors (Lipinski definition) is 0. The normalized spacial score (nSPS) is 18.8. The molecule has 1 aromatic rings. The van der Waals surface area contributed by atoms with Crippen LogP contribution in [0, 0.1) is 6.92 Å². The molecule has 2 rings (SSSR count). The zero-order chi connectivity index (χ0) is 18.8. The van der Waals surface area contributed by atoms with Crippen LogP contribution in [-0.2, 0) is 19.4 Å². The second-order valence-electron chi connectivity index (χ2n) is 6.23. The van der Waals surface area contributed by atoms with E-state index in [9.17, 15) is 18.0 Å². The quantitative estimate of drug-likeness (QED) is 0.776. The van der Waals surface area contributed by atoms with E-state index in [0.717, 1.165) is 5.56 Å². The zero-order valence-electron chi connectivity index (χ0n) is 14.7. The first-order chi connectivity index (χ1) is 11.7. The topological polar surface area (TPSA) is 74.8 Å². The molecule has 0 aromatic heterocycles. The van der Waals surface area contributed by atoms with E-state index in [4.69, 9.17) is 11.6 Å². The Bertz CT molecular complexity index is 779. The summed E-state index contributed by atoms with van der Waals surface area (Å²) in [5, 5.41) is 0.519. The summed E-state index contributed by atoms with van der Waals surface area (Å²) in [6, 6.07) is 4.87. The van der Waals surface area contributed by atoms with Crippen LogP contribution in [0.4, 0.5) is 5.69 Å². The van der Waals surface area contributed by atoms with Gasteiger partial charge in [0.1, 0.15) is 6.54 Å². The second kappa shape index (κ2) is 7.74. The highest BCUT2D eigenvalue weighted by molar-refractivity contribution is 7.91. The fraction of sp³-hybridized carbons (Fsp3) is 0.529. The summed E-state index contributed by atoms with van der Waals surface area (Å²) in [5.74, 6) is -0.443. The Balaban J connectivity index is 2.22. The Morgan fingerprint density at radius 2 is 2.00 bits per heavy atom. The third kappa shape index (κ3) is 4.52. The van der Waals surface area contributed by atoms with E-state index in [1.165, 1.54) is 11.8 Å². The third-order valence-corrected chi connectivity index (χ3v) is 6.67. The van der Waals surface area contributed by atoms with Gasteiger partial charge in [-0.1, -0.05) is 17.7 Å². The standard InChI is InChI=1S/C17H23ClN2O4S/c1-4-19(14-8-9-25(23,24)11-14)17(22)10-20(13(3)21)16-7-5-6-15(18)12(16)2/h5-7,14H,4,8-11H2,1-3H3. The molecule has 0 saturated carbocycles. The van der Waals surface area contributed by atoms with Crippen molar-refractivity contribution in [3.8, 4) is 0 Å². The van der Waals surface area contributed by atoms with Crippen LogP contribution in [0.3, 0.4) is 0 Å². The Morgan fingerprint density at radius 1 is 1.32 bits per heavy atom. The molecule has 1 saturated heterocycles. The first kappa shape index (κ1) is 19.7. The molecule has 1 fully saturated rings. The Kier molecular flexibility index (Phi) is 6.11. The average Bonchev–Trinajstić information content (AvgIpc) is 2.88. The average molecular weight is 387 g/mol. The smallest absolute Gasteiger partial charge is 0.242 e.